The fourth-order valence-corrected chi connectivity index (χ4v) is 3.14. The largest absolute Gasteiger partial charge is 0.424 e. The van der Waals surface area contributed by atoms with E-state index in [-0.39, 0.29) is 12.0 Å². The zero-order valence-electron chi connectivity index (χ0n) is 11.7. The summed E-state index contributed by atoms with van der Waals surface area (Å²) in [5, 5.41) is 0. The predicted molar refractivity (Wildman–Crippen MR) is 71.8 cm³/mol. The number of nitrogens with zero attached hydrogens (tertiary/aromatic N) is 1. The van der Waals surface area contributed by atoms with Gasteiger partial charge in [-0.25, -0.2) is 4.99 Å². The maximum absolute atomic E-state index is 5.96. The molecule has 2 aliphatic rings. The number of benzene rings is 1. The molecule has 0 radical (unpaired) electrons. The maximum atomic E-state index is 5.96. The Labute approximate surface area is 113 Å². The second kappa shape index (κ2) is 4.05. The van der Waals surface area contributed by atoms with Gasteiger partial charge in [0.15, 0.2) is 11.4 Å². The molecule has 102 valence electrons. The summed E-state index contributed by atoms with van der Waals surface area (Å²) < 4.78 is 17.2. The van der Waals surface area contributed by atoms with Gasteiger partial charge in [0.2, 0.25) is 0 Å². The van der Waals surface area contributed by atoms with E-state index in [9.17, 15) is 0 Å². The van der Waals surface area contributed by atoms with Gasteiger partial charge >= 0.3 is 5.97 Å². The molecular weight excluding hydrogens is 242 g/mol. The third kappa shape index (κ3) is 1.44. The van der Waals surface area contributed by atoms with Gasteiger partial charge in [0.1, 0.15) is 6.10 Å². The van der Waals surface area contributed by atoms with Crippen LogP contribution >= 0.6 is 0 Å². The molecule has 3 atom stereocenters. The van der Waals surface area contributed by atoms with Crippen molar-refractivity contribution in [3.8, 4) is 0 Å². The van der Waals surface area contributed by atoms with E-state index in [0.29, 0.717) is 5.90 Å². The van der Waals surface area contributed by atoms with E-state index in [1.807, 2.05) is 25.1 Å². The number of rotatable bonds is 3. The molecule has 0 aliphatic carbocycles. The molecule has 1 aromatic rings. The molecule has 4 heteroatoms. The summed E-state index contributed by atoms with van der Waals surface area (Å²) in [6, 6.07) is 10.1. The monoisotopic (exact) mass is 261 g/mol. The van der Waals surface area contributed by atoms with Crippen molar-refractivity contribution in [1.82, 2.24) is 0 Å². The Hall–Kier alpha value is -1.39. The molecule has 3 rings (SSSR count). The molecule has 1 unspecified atom stereocenters. The predicted octanol–water partition coefficient (Wildman–Crippen LogP) is 2.90. The van der Waals surface area contributed by atoms with E-state index in [0.717, 1.165) is 5.56 Å². The van der Waals surface area contributed by atoms with Crippen molar-refractivity contribution in [2.24, 2.45) is 10.9 Å². The van der Waals surface area contributed by atoms with E-state index in [4.69, 9.17) is 19.2 Å². The van der Waals surface area contributed by atoms with Crippen LogP contribution in [-0.4, -0.2) is 24.5 Å². The molecule has 2 aliphatic heterocycles. The van der Waals surface area contributed by atoms with Crippen molar-refractivity contribution in [3.63, 3.8) is 0 Å². The summed E-state index contributed by atoms with van der Waals surface area (Å²) in [7, 11) is 1.60. The zero-order chi connectivity index (χ0) is 13.7. The van der Waals surface area contributed by atoms with E-state index < -0.39 is 11.5 Å². The average Bonchev–Trinajstić information content (AvgIpc) is 2.62. The molecule has 0 spiro atoms. The van der Waals surface area contributed by atoms with Gasteiger partial charge in [0.05, 0.1) is 0 Å². The van der Waals surface area contributed by atoms with Crippen LogP contribution in [-0.2, 0) is 14.2 Å². The van der Waals surface area contributed by atoms with Gasteiger partial charge in [-0.05, 0) is 11.5 Å². The van der Waals surface area contributed by atoms with E-state index >= 15 is 0 Å². The Morgan fingerprint density at radius 2 is 1.95 bits per heavy atom. The summed E-state index contributed by atoms with van der Waals surface area (Å²) in [6.07, 6.45) is -0.133. The lowest BCUT2D eigenvalue weighted by molar-refractivity contribution is -0.471. The summed E-state index contributed by atoms with van der Waals surface area (Å²) >= 11 is 0. The summed E-state index contributed by atoms with van der Waals surface area (Å²) in [5.41, 5.74) is 0.596. The fraction of sp³-hybridized carbons (Fsp3) is 0.533. The van der Waals surface area contributed by atoms with Crippen molar-refractivity contribution >= 4 is 5.90 Å². The molecular formula is C15H19NO3. The number of ether oxygens (including phenoxy) is 3. The van der Waals surface area contributed by atoms with Crippen LogP contribution in [0.2, 0.25) is 0 Å². The molecule has 0 amide bonds. The number of hydrogen-bond donors (Lipinski definition) is 0. The molecule has 1 fully saturated rings. The number of hydrogen-bond acceptors (Lipinski definition) is 4. The first kappa shape index (κ1) is 12.6. The van der Waals surface area contributed by atoms with Crippen LogP contribution in [0.4, 0.5) is 0 Å². The smallest absolute Gasteiger partial charge is 0.358 e. The van der Waals surface area contributed by atoms with Crippen molar-refractivity contribution in [2.75, 3.05) is 7.11 Å². The Morgan fingerprint density at radius 1 is 1.26 bits per heavy atom. The van der Waals surface area contributed by atoms with Gasteiger partial charge in [-0.3, -0.25) is 0 Å². The van der Waals surface area contributed by atoms with Crippen LogP contribution in [0.5, 0.6) is 0 Å². The normalized spacial score (nSPS) is 36.5. The second-order valence-corrected chi connectivity index (χ2v) is 5.38. The van der Waals surface area contributed by atoms with Crippen LogP contribution in [0.3, 0.4) is 0 Å². The van der Waals surface area contributed by atoms with Gasteiger partial charge in [0.25, 0.3) is 0 Å². The average molecular weight is 261 g/mol. The highest BCUT2D eigenvalue weighted by Gasteiger charge is 2.76. The number of aliphatic imine (C=N–C) groups is 1. The summed E-state index contributed by atoms with van der Waals surface area (Å²) in [6.45, 7) is 6.09. The molecule has 4 nitrogen and oxygen atoms in total. The zero-order valence-corrected chi connectivity index (χ0v) is 11.7. The van der Waals surface area contributed by atoms with E-state index in [1.54, 1.807) is 7.11 Å². The molecule has 1 aromatic carbocycles. The summed E-state index contributed by atoms with van der Waals surface area (Å²) in [4.78, 5) is 4.73. The van der Waals surface area contributed by atoms with Gasteiger partial charge in [-0.2, -0.15) is 0 Å². The van der Waals surface area contributed by atoms with Crippen LogP contribution in [0, 0.1) is 5.92 Å². The van der Waals surface area contributed by atoms with Crippen molar-refractivity contribution in [1.29, 1.82) is 0 Å². The van der Waals surface area contributed by atoms with Crippen LogP contribution < -0.4 is 0 Å². The van der Waals surface area contributed by atoms with Gasteiger partial charge < -0.3 is 14.2 Å². The molecule has 0 saturated carbocycles. The second-order valence-electron chi connectivity index (χ2n) is 5.38. The van der Waals surface area contributed by atoms with E-state index in [1.165, 1.54) is 0 Å². The third-order valence-electron chi connectivity index (χ3n) is 4.04. The lowest BCUT2D eigenvalue weighted by atomic mass is 9.72. The molecule has 0 N–H and O–H groups in total. The van der Waals surface area contributed by atoms with Crippen molar-refractivity contribution in [3.05, 3.63) is 35.9 Å². The Balaban J connectivity index is 2.07. The van der Waals surface area contributed by atoms with Gasteiger partial charge in [-0.15, -0.1) is 0 Å². The highest BCUT2D eigenvalue weighted by Crippen LogP contribution is 2.61. The minimum absolute atomic E-state index is 0.133. The van der Waals surface area contributed by atoms with Crippen molar-refractivity contribution in [2.45, 2.75) is 38.4 Å². The van der Waals surface area contributed by atoms with E-state index in [2.05, 4.69) is 26.0 Å². The lowest BCUT2D eigenvalue weighted by Gasteiger charge is -2.56. The Morgan fingerprint density at radius 3 is 2.53 bits per heavy atom. The quantitative estimate of drug-likeness (QED) is 0.840. The highest BCUT2D eigenvalue weighted by atomic mass is 16.9. The third-order valence-corrected chi connectivity index (χ3v) is 4.04. The molecule has 2 heterocycles. The maximum Gasteiger partial charge on any atom is 0.358 e. The first-order valence-corrected chi connectivity index (χ1v) is 6.59. The minimum atomic E-state index is -1.06. The molecule has 1 saturated heterocycles. The highest BCUT2D eigenvalue weighted by molar-refractivity contribution is 5.77. The number of fused-ring (bicyclic) bond motifs is 1. The Bertz CT molecular complexity index is 513. The minimum Gasteiger partial charge on any atom is -0.424 e. The molecule has 0 bridgehead atoms. The van der Waals surface area contributed by atoms with Crippen molar-refractivity contribution < 1.29 is 14.2 Å². The van der Waals surface area contributed by atoms with Gasteiger partial charge in [-0.1, -0.05) is 44.2 Å². The van der Waals surface area contributed by atoms with Crippen LogP contribution in [0.25, 0.3) is 0 Å². The van der Waals surface area contributed by atoms with Crippen LogP contribution in [0.15, 0.2) is 35.3 Å². The summed E-state index contributed by atoms with van der Waals surface area (Å²) in [5.74, 6) is -0.205. The molecule has 19 heavy (non-hydrogen) atoms. The SMILES string of the molecule is CO[C@@]12OC(C)=NC1(C(C)C)[C@H](c1ccccc1)O2. The topological polar surface area (TPSA) is 40.0 Å². The van der Waals surface area contributed by atoms with Gasteiger partial charge in [0, 0.05) is 14.0 Å². The Kier molecular flexibility index (Phi) is 2.69. The van der Waals surface area contributed by atoms with Crippen LogP contribution in [0.1, 0.15) is 32.4 Å². The fourth-order valence-electron chi connectivity index (χ4n) is 3.14. The standard InChI is InChI=1S/C15H19NO3/c1-10(2)14-13(12-8-6-5-7-9-12)19-15(14,17-4)18-11(3)16-14/h5-10,13H,1-4H3/t13-,14?,15+/m0/s1. The lowest BCUT2D eigenvalue weighted by Crippen LogP contribution is -2.71. The number of methoxy groups -OCH3 is 1. The first-order chi connectivity index (χ1) is 9.06. The molecule has 0 aromatic heterocycles. The first-order valence-electron chi connectivity index (χ1n) is 6.59.